The Hall–Kier alpha value is -2.38. The van der Waals surface area contributed by atoms with Crippen LogP contribution in [0.3, 0.4) is 0 Å². The molecule has 0 aliphatic carbocycles. The first kappa shape index (κ1) is 25.9. The first-order chi connectivity index (χ1) is 14.8. The number of pyridine rings is 2. The highest BCUT2D eigenvalue weighted by Gasteiger charge is 2.11. The van der Waals surface area contributed by atoms with Crippen LogP contribution in [0.1, 0.15) is 25.7 Å². The molecule has 32 heavy (non-hydrogen) atoms. The van der Waals surface area contributed by atoms with E-state index in [9.17, 15) is 0 Å². The maximum Gasteiger partial charge on any atom is 0.0801 e. The van der Waals surface area contributed by atoms with Crippen molar-refractivity contribution < 1.29 is 0 Å². The Morgan fingerprint density at radius 2 is 0.969 bits per heavy atom. The van der Waals surface area contributed by atoms with E-state index >= 15 is 0 Å². The molecule has 0 aliphatic rings. The Bertz CT molecular complexity index is 1060. The van der Waals surface area contributed by atoms with Gasteiger partial charge < -0.3 is 22.1 Å². The van der Waals surface area contributed by atoms with E-state index in [0.29, 0.717) is 0 Å². The Kier molecular flexibility index (Phi) is 10.2. The van der Waals surface area contributed by atoms with Gasteiger partial charge in [0, 0.05) is 58.4 Å². The van der Waals surface area contributed by atoms with Gasteiger partial charge >= 0.3 is 0 Å². The number of hydrogen-bond acceptors (Lipinski definition) is 6. The van der Waals surface area contributed by atoms with Gasteiger partial charge in [-0.2, -0.15) is 0 Å². The van der Waals surface area contributed by atoms with Crippen LogP contribution in [0.15, 0.2) is 48.8 Å². The molecule has 0 fully saturated rings. The van der Waals surface area contributed by atoms with Gasteiger partial charge in [0.05, 0.1) is 11.0 Å². The molecule has 172 valence electrons. The summed E-state index contributed by atoms with van der Waals surface area (Å²) in [5, 5.41) is 11.6. The van der Waals surface area contributed by atoms with E-state index in [2.05, 4.69) is 34.9 Å². The molecule has 6 N–H and O–H groups in total. The van der Waals surface area contributed by atoms with Crippen LogP contribution in [0.4, 0.5) is 11.4 Å². The number of hydrogen-bond donors (Lipinski definition) is 4. The molecular formula is C24H32Cl2N6. The third-order valence-corrected chi connectivity index (χ3v) is 5.51. The average molecular weight is 475 g/mol. The summed E-state index contributed by atoms with van der Waals surface area (Å²) in [5.74, 6) is 0. The summed E-state index contributed by atoms with van der Waals surface area (Å²) < 4.78 is 0. The molecule has 0 aliphatic heterocycles. The Morgan fingerprint density at radius 1 is 0.562 bits per heavy atom. The summed E-state index contributed by atoms with van der Waals surface area (Å²) in [6.07, 6.45) is 7.92. The van der Waals surface area contributed by atoms with Crippen molar-refractivity contribution in [1.29, 1.82) is 0 Å². The highest BCUT2D eigenvalue weighted by Crippen LogP contribution is 2.34. The number of nitrogens with zero attached hydrogens (tertiary/aromatic N) is 2. The maximum absolute atomic E-state index is 5.60. The van der Waals surface area contributed by atoms with E-state index in [4.69, 9.17) is 21.4 Å². The predicted octanol–water partition coefficient (Wildman–Crippen LogP) is 5.08. The summed E-state index contributed by atoms with van der Waals surface area (Å²) in [4.78, 5) is 9.40. The van der Waals surface area contributed by atoms with Gasteiger partial charge in [0.15, 0.2) is 0 Å². The van der Waals surface area contributed by atoms with Gasteiger partial charge in [-0.25, -0.2) is 0 Å². The normalized spacial score (nSPS) is 10.7. The van der Waals surface area contributed by atoms with Crippen molar-refractivity contribution in [3.8, 4) is 0 Å². The number of nitrogens with two attached hydrogens (primary N) is 2. The molecule has 0 unspecified atom stereocenters. The minimum atomic E-state index is 0. The molecule has 4 aromatic rings. The van der Waals surface area contributed by atoms with E-state index in [0.717, 1.165) is 95.8 Å². The summed E-state index contributed by atoms with van der Waals surface area (Å²) in [6.45, 7) is 3.28. The molecule has 0 amide bonds. The molecule has 4 rings (SSSR count). The fourth-order valence-electron chi connectivity index (χ4n) is 3.93. The Balaban J connectivity index is 0.00000181. The highest BCUT2D eigenvalue weighted by atomic mass is 35.5. The highest BCUT2D eigenvalue weighted by molar-refractivity contribution is 6.18. The summed E-state index contributed by atoms with van der Waals surface area (Å²) in [6, 6.07) is 12.7. The standard InChI is InChI=1S/C24H30N6.2ClH/c25-11-1-3-13-27-21-9-15-29-23-17-6-8-20-22(28-14-4-2-12-26)10-16-30-24(20)18(17)5-7-19(21)23;;/h5-10,15-16H,1-4,11-14,25-26H2,(H,27,29)(H,28,30);2*1H. The van der Waals surface area contributed by atoms with Crippen molar-refractivity contribution >= 4 is 68.8 Å². The second-order valence-corrected chi connectivity index (χ2v) is 7.58. The van der Waals surface area contributed by atoms with Crippen LogP contribution in [-0.2, 0) is 0 Å². The van der Waals surface area contributed by atoms with Crippen LogP contribution < -0.4 is 22.1 Å². The minimum absolute atomic E-state index is 0. The van der Waals surface area contributed by atoms with Crippen LogP contribution >= 0.6 is 24.8 Å². The zero-order valence-electron chi connectivity index (χ0n) is 18.1. The maximum atomic E-state index is 5.60. The summed E-state index contributed by atoms with van der Waals surface area (Å²) in [5.41, 5.74) is 15.4. The van der Waals surface area contributed by atoms with Gasteiger partial charge in [-0.3, -0.25) is 9.97 Å². The number of benzene rings is 2. The molecule has 8 heteroatoms. The van der Waals surface area contributed by atoms with E-state index in [1.807, 2.05) is 24.5 Å². The molecule has 2 aromatic heterocycles. The van der Waals surface area contributed by atoms with E-state index in [-0.39, 0.29) is 24.8 Å². The lowest BCUT2D eigenvalue weighted by atomic mass is 10.0. The topological polar surface area (TPSA) is 102 Å². The fourth-order valence-corrected chi connectivity index (χ4v) is 3.93. The number of rotatable bonds is 10. The van der Waals surface area contributed by atoms with E-state index in [1.165, 1.54) is 0 Å². The first-order valence-corrected chi connectivity index (χ1v) is 10.8. The van der Waals surface area contributed by atoms with Crippen LogP contribution in [0.5, 0.6) is 0 Å². The van der Waals surface area contributed by atoms with Gasteiger partial charge in [0.2, 0.25) is 0 Å². The summed E-state index contributed by atoms with van der Waals surface area (Å²) >= 11 is 0. The van der Waals surface area contributed by atoms with Crippen molar-refractivity contribution in [3.05, 3.63) is 48.8 Å². The first-order valence-electron chi connectivity index (χ1n) is 10.8. The molecule has 2 heterocycles. The van der Waals surface area contributed by atoms with Crippen LogP contribution in [0.2, 0.25) is 0 Å². The van der Waals surface area contributed by atoms with Gasteiger partial charge in [0.1, 0.15) is 0 Å². The largest absolute Gasteiger partial charge is 0.384 e. The smallest absolute Gasteiger partial charge is 0.0801 e. The lowest BCUT2D eigenvalue weighted by Gasteiger charge is -2.13. The molecule has 0 atom stereocenters. The lowest BCUT2D eigenvalue weighted by molar-refractivity contribution is 0.774. The van der Waals surface area contributed by atoms with Crippen LogP contribution in [0, 0.1) is 0 Å². The number of fused-ring (bicyclic) bond motifs is 5. The van der Waals surface area contributed by atoms with Crippen molar-refractivity contribution in [2.45, 2.75) is 25.7 Å². The second-order valence-electron chi connectivity index (χ2n) is 7.58. The van der Waals surface area contributed by atoms with Crippen LogP contribution in [0.25, 0.3) is 32.6 Å². The number of aromatic nitrogens is 2. The van der Waals surface area contributed by atoms with Gasteiger partial charge in [0.25, 0.3) is 0 Å². The van der Waals surface area contributed by atoms with Gasteiger partial charge in [-0.15, -0.1) is 24.8 Å². The van der Waals surface area contributed by atoms with Crippen LogP contribution in [-0.4, -0.2) is 36.1 Å². The molecule has 0 saturated heterocycles. The quantitative estimate of drug-likeness (QED) is 0.188. The molecule has 0 saturated carbocycles. The molecule has 0 radical (unpaired) electrons. The fraction of sp³-hybridized carbons (Fsp3) is 0.333. The molecule has 6 nitrogen and oxygen atoms in total. The van der Waals surface area contributed by atoms with E-state index in [1.54, 1.807) is 0 Å². The molecule has 2 aromatic carbocycles. The molecule has 0 bridgehead atoms. The Morgan fingerprint density at radius 3 is 1.38 bits per heavy atom. The third-order valence-electron chi connectivity index (χ3n) is 5.51. The predicted molar refractivity (Wildman–Crippen MR) is 143 cm³/mol. The van der Waals surface area contributed by atoms with Crippen molar-refractivity contribution in [2.75, 3.05) is 36.8 Å². The SMILES string of the molecule is Cl.Cl.NCCCCNc1ccnc2c1ccc1c2ccc2c(NCCCCN)ccnc21. The zero-order valence-corrected chi connectivity index (χ0v) is 19.8. The Labute approximate surface area is 201 Å². The van der Waals surface area contributed by atoms with Gasteiger partial charge in [-0.05, 0) is 50.9 Å². The lowest BCUT2D eigenvalue weighted by Crippen LogP contribution is -2.06. The van der Waals surface area contributed by atoms with Crippen molar-refractivity contribution in [1.82, 2.24) is 9.97 Å². The van der Waals surface area contributed by atoms with Crippen molar-refractivity contribution in [2.24, 2.45) is 11.5 Å². The van der Waals surface area contributed by atoms with Crippen molar-refractivity contribution in [3.63, 3.8) is 0 Å². The number of unbranched alkanes of at least 4 members (excludes halogenated alkanes) is 2. The number of nitrogens with one attached hydrogen (secondary N) is 2. The monoisotopic (exact) mass is 474 g/mol. The second kappa shape index (κ2) is 12.6. The minimum Gasteiger partial charge on any atom is -0.384 e. The number of halogens is 2. The average Bonchev–Trinajstić information content (AvgIpc) is 2.79. The third kappa shape index (κ3) is 5.51. The zero-order chi connectivity index (χ0) is 20.8. The van der Waals surface area contributed by atoms with E-state index < -0.39 is 0 Å². The summed E-state index contributed by atoms with van der Waals surface area (Å²) in [7, 11) is 0. The van der Waals surface area contributed by atoms with Gasteiger partial charge in [-0.1, -0.05) is 24.3 Å². The molecular weight excluding hydrogens is 443 g/mol. The number of anilines is 2. The molecule has 0 spiro atoms.